The number of carbonyl (C=O) groups excluding carboxylic acids is 2. The molecule has 0 saturated carbocycles. The third-order valence-corrected chi connectivity index (χ3v) is 2.57. The van der Waals surface area contributed by atoms with Crippen LogP contribution >= 0.6 is 0 Å². The molecule has 0 bridgehead atoms. The van der Waals surface area contributed by atoms with E-state index in [1.165, 1.54) is 0 Å². The van der Waals surface area contributed by atoms with Gasteiger partial charge < -0.3 is 15.8 Å². The summed E-state index contributed by atoms with van der Waals surface area (Å²) in [6.07, 6.45) is -1.46. The summed E-state index contributed by atoms with van der Waals surface area (Å²) in [4.78, 5) is 22.1. The summed E-state index contributed by atoms with van der Waals surface area (Å²) in [5.74, 6) is -0.454. The van der Waals surface area contributed by atoms with Crippen LogP contribution in [0.25, 0.3) is 0 Å². The number of rotatable bonds is 3. The summed E-state index contributed by atoms with van der Waals surface area (Å²) >= 11 is 0. The molecule has 2 rings (SSSR count). The lowest BCUT2D eigenvalue weighted by Crippen LogP contribution is -2.52. The van der Waals surface area contributed by atoms with E-state index in [1.54, 1.807) is 12.1 Å². The van der Waals surface area contributed by atoms with E-state index in [-0.39, 0.29) is 11.8 Å². The van der Waals surface area contributed by atoms with Gasteiger partial charge in [-0.15, -0.1) is 0 Å². The summed E-state index contributed by atoms with van der Waals surface area (Å²) in [7, 11) is 0. The molecular weight excluding hydrogens is 208 g/mol. The molecule has 0 aliphatic carbocycles. The predicted molar refractivity (Wildman–Crippen MR) is 56.4 cm³/mol. The number of hydrogen-bond donors (Lipinski definition) is 2. The highest BCUT2D eigenvalue weighted by Crippen LogP contribution is 2.29. The molecule has 5 heteroatoms. The Kier molecular flexibility index (Phi) is 2.76. The molecule has 2 amide bonds. The van der Waals surface area contributed by atoms with Gasteiger partial charge in [-0.25, -0.2) is 4.79 Å². The maximum absolute atomic E-state index is 11.3. The van der Waals surface area contributed by atoms with Gasteiger partial charge in [0.25, 0.3) is 0 Å². The molecule has 16 heavy (non-hydrogen) atoms. The smallest absolute Gasteiger partial charge is 0.405 e. The first kappa shape index (κ1) is 10.5. The monoisotopic (exact) mass is 220 g/mol. The van der Waals surface area contributed by atoms with Gasteiger partial charge in [0.15, 0.2) is 0 Å². The molecule has 5 nitrogen and oxygen atoms in total. The molecule has 0 aromatic heterocycles. The fourth-order valence-corrected chi connectivity index (χ4v) is 1.70. The van der Waals surface area contributed by atoms with Gasteiger partial charge in [0.1, 0.15) is 6.10 Å². The van der Waals surface area contributed by atoms with Crippen molar-refractivity contribution in [2.45, 2.75) is 6.10 Å². The Morgan fingerprint density at radius 1 is 1.44 bits per heavy atom. The van der Waals surface area contributed by atoms with E-state index in [0.29, 0.717) is 6.54 Å². The van der Waals surface area contributed by atoms with Crippen molar-refractivity contribution in [3.63, 3.8) is 0 Å². The molecule has 1 unspecified atom stereocenters. The number of amides is 2. The molecule has 1 aromatic rings. The fraction of sp³-hybridized carbons (Fsp3) is 0.273. The van der Waals surface area contributed by atoms with Crippen LogP contribution in [0.4, 0.5) is 4.79 Å². The van der Waals surface area contributed by atoms with E-state index in [2.05, 4.69) is 5.32 Å². The van der Waals surface area contributed by atoms with Crippen LogP contribution in [0.1, 0.15) is 11.7 Å². The molecule has 1 aliphatic rings. The van der Waals surface area contributed by atoms with Gasteiger partial charge in [-0.2, -0.15) is 0 Å². The summed E-state index contributed by atoms with van der Waals surface area (Å²) in [5, 5.41) is 2.61. The molecule has 0 spiro atoms. The van der Waals surface area contributed by atoms with E-state index < -0.39 is 12.2 Å². The second kappa shape index (κ2) is 4.22. The van der Waals surface area contributed by atoms with Gasteiger partial charge in [-0.3, -0.25) is 4.79 Å². The Hall–Kier alpha value is -2.04. The number of nitrogens with one attached hydrogen (secondary N) is 1. The second-order valence-corrected chi connectivity index (χ2v) is 3.62. The molecule has 0 radical (unpaired) electrons. The van der Waals surface area contributed by atoms with Gasteiger partial charge in [0.2, 0.25) is 5.91 Å². The van der Waals surface area contributed by atoms with Crippen molar-refractivity contribution in [2.24, 2.45) is 11.7 Å². The molecular formula is C11H12N2O3. The summed E-state index contributed by atoms with van der Waals surface area (Å²) in [5.41, 5.74) is 5.78. The van der Waals surface area contributed by atoms with Crippen LogP contribution < -0.4 is 11.1 Å². The predicted octanol–water partition coefficient (Wildman–Crippen LogP) is 0.569. The minimum absolute atomic E-state index is 0.116. The molecule has 3 N–H and O–H groups in total. The Bertz CT molecular complexity index is 405. The Balaban J connectivity index is 2.21. The van der Waals surface area contributed by atoms with Gasteiger partial charge in [0, 0.05) is 6.54 Å². The normalized spacial score (nSPS) is 20.5. The lowest BCUT2D eigenvalue weighted by Gasteiger charge is -2.32. The number of nitrogens with two attached hydrogens (primary N) is 1. The van der Waals surface area contributed by atoms with Gasteiger partial charge in [-0.1, -0.05) is 30.3 Å². The van der Waals surface area contributed by atoms with Crippen molar-refractivity contribution in [1.29, 1.82) is 0 Å². The Morgan fingerprint density at radius 2 is 2.12 bits per heavy atom. The lowest BCUT2D eigenvalue weighted by molar-refractivity contribution is -0.136. The number of β-lactam (4-membered cyclic amide) rings is 1. The zero-order valence-electron chi connectivity index (χ0n) is 8.55. The van der Waals surface area contributed by atoms with Crippen LogP contribution in [0.3, 0.4) is 0 Å². The molecule has 1 fully saturated rings. The third-order valence-electron chi connectivity index (χ3n) is 2.57. The summed E-state index contributed by atoms with van der Waals surface area (Å²) < 4.78 is 4.99. The maximum atomic E-state index is 11.3. The maximum Gasteiger partial charge on any atom is 0.405 e. The highest BCUT2D eigenvalue weighted by Gasteiger charge is 2.38. The quantitative estimate of drug-likeness (QED) is 0.730. The standard InChI is InChI=1S/C11H12N2O3/c12-11(15)16-9(8-6-13-10(8)14)7-4-2-1-3-5-7/h1-5,8-9H,6H2,(H2,12,15)(H,13,14)/t8-,9?/m1/s1. The zero-order chi connectivity index (χ0) is 11.5. The lowest BCUT2D eigenvalue weighted by atomic mass is 9.90. The summed E-state index contributed by atoms with van der Waals surface area (Å²) in [6, 6.07) is 9.11. The second-order valence-electron chi connectivity index (χ2n) is 3.62. The molecule has 1 heterocycles. The van der Waals surface area contributed by atoms with Crippen LogP contribution in [0, 0.1) is 5.92 Å². The third kappa shape index (κ3) is 1.98. The van der Waals surface area contributed by atoms with Crippen LogP contribution in [-0.4, -0.2) is 18.5 Å². The fourth-order valence-electron chi connectivity index (χ4n) is 1.70. The van der Waals surface area contributed by atoms with Crippen molar-refractivity contribution >= 4 is 12.0 Å². The van der Waals surface area contributed by atoms with Crippen molar-refractivity contribution in [1.82, 2.24) is 5.32 Å². The topological polar surface area (TPSA) is 81.4 Å². The van der Waals surface area contributed by atoms with Gasteiger partial charge >= 0.3 is 6.09 Å². The largest absolute Gasteiger partial charge is 0.441 e. The number of ether oxygens (including phenoxy) is 1. The van der Waals surface area contributed by atoms with E-state index in [1.807, 2.05) is 18.2 Å². The number of carbonyl (C=O) groups is 2. The first-order valence-corrected chi connectivity index (χ1v) is 4.97. The molecule has 2 atom stereocenters. The van der Waals surface area contributed by atoms with Crippen molar-refractivity contribution in [2.75, 3.05) is 6.54 Å². The Morgan fingerprint density at radius 3 is 2.56 bits per heavy atom. The minimum atomic E-state index is -0.867. The average Bonchev–Trinajstić information content (AvgIpc) is 2.27. The first-order chi connectivity index (χ1) is 7.68. The van der Waals surface area contributed by atoms with E-state index in [9.17, 15) is 9.59 Å². The van der Waals surface area contributed by atoms with Crippen LogP contribution in [0.2, 0.25) is 0 Å². The Labute approximate surface area is 92.6 Å². The van der Waals surface area contributed by atoms with Crippen LogP contribution in [0.5, 0.6) is 0 Å². The van der Waals surface area contributed by atoms with Crippen LogP contribution in [0.15, 0.2) is 30.3 Å². The molecule has 1 aliphatic heterocycles. The van der Waals surface area contributed by atoms with Gasteiger partial charge in [0.05, 0.1) is 5.92 Å². The SMILES string of the molecule is NC(=O)OC(c1ccccc1)[C@H]1CNC1=O. The number of primary amides is 1. The van der Waals surface area contributed by atoms with Crippen molar-refractivity contribution < 1.29 is 14.3 Å². The number of benzene rings is 1. The van der Waals surface area contributed by atoms with Crippen LogP contribution in [-0.2, 0) is 9.53 Å². The van der Waals surface area contributed by atoms with E-state index in [0.717, 1.165) is 5.56 Å². The highest BCUT2D eigenvalue weighted by atomic mass is 16.6. The molecule has 84 valence electrons. The van der Waals surface area contributed by atoms with E-state index in [4.69, 9.17) is 10.5 Å². The van der Waals surface area contributed by atoms with Crippen molar-refractivity contribution in [3.8, 4) is 0 Å². The van der Waals surface area contributed by atoms with Crippen molar-refractivity contribution in [3.05, 3.63) is 35.9 Å². The first-order valence-electron chi connectivity index (χ1n) is 4.97. The average molecular weight is 220 g/mol. The summed E-state index contributed by atoms with van der Waals surface area (Å²) in [6.45, 7) is 0.506. The number of hydrogen-bond acceptors (Lipinski definition) is 3. The molecule has 1 aromatic carbocycles. The highest BCUT2D eigenvalue weighted by molar-refractivity contribution is 5.85. The molecule has 1 saturated heterocycles. The zero-order valence-corrected chi connectivity index (χ0v) is 8.55. The van der Waals surface area contributed by atoms with Gasteiger partial charge in [-0.05, 0) is 5.56 Å². The minimum Gasteiger partial charge on any atom is -0.441 e. The van der Waals surface area contributed by atoms with E-state index >= 15 is 0 Å².